The molecule has 0 amide bonds. The van der Waals surface area contributed by atoms with Crippen LogP contribution in [0.4, 0.5) is 0 Å². The normalized spacial score (nSPS) is 11.1. The van der Waals surface area contributed by atoms with E-state index in [1.165, 1.54) is 11.8 Å². The second kappa shape index (κ2) is 5.29. The second-order valence-corrected chi connectivity index (χ2v) is 3.29. The third-order valence-electron chi connectivity index (χ3n) is 1.42. The number of nitrogens with zero attached hydrogens (tertiary/aromatic N) is 3. The number of aryl methyl sites for hydroxylation is 1. The van der Waals surface area contributed by atoms with Crippen molar-refractivity contribution in [2.75, 3.05) is 6.26 Å². The summed E-state index contributed by atoms with van der Waals surface area (Å²) in [5, 5.41) is 15.2. The van der Waals surface area contributed by atoms with Crippen LogP contribution in [-0.2, 0) is 6.54 Å². The summed E-state index contributed by atoms with van der Waals surface area (Å²) >= 11 is 1.38. The van der Waals surface area contributed by atoms with E-state index in [9.17, 15) is 0 Å². The Balaban J connectivity index is 2.57. The number of hydrogen-bond donors (Lipinski definition) is 1. The zero-order valence-electron chi connectivity index (χ0n) is 7.94. The molecule has 1 heterocycles. The standard InChI is InChI=1S/C8H10N4OS/c1-6-3-7(12-13-6)4-10-8(14-2)11-5-9/h3H,4H2,1-2H3,(H,10,11). The highest BCUT2D eigenvalue weighted by atomic mass is 32.2. The lowest BCUT2D eigenvalue weighted by Crippen LogP contribution is -2.13. The van der Waals surface area contributed by atoms with Crippen LogP contribution < -0.4 is 5.32 Å². The van der Waals surface area contributed by atoms with Gasteiger partial charge in [0.15, 0.2) is 11.4 Å². The number of aliphatic imine (C=N–C) groups is 1. The minimum Gasteiger partial charge on any atom is -0.361 e. The van der Waals surface area contributed by atoms with Crippen LogP contribution in [0.15, 0.2) is 15.6 Å². The van der Waals surface area contributed by atoms with Gasteiger partial charge in [0.2, 0.25) is 0 Å². The molecule has 1 aromatic heterocycles. The van der Waals surface area contributed by atoms with Crippen LogP contribution in [0.2, 0.25) is 0 Å². The second-order valence-electron chi connectivity index (χ2n) is 2.49. The van der Waals surface area contributed by atoms with Gasteiger partial charge in [0.05, 0.1) is 6.54 Å². The summed E-state index contributed by atoms with van der Waals surface area (Å²) in [6, 6.07) is 1.81. The number of aromatic nitrogens is 1. The highest BCUT2D eigenvalue weighted by Crippen LogP contribution is 2.04. The topological polar surface area (TPSA) is 74.2 Å². The van der Waals surface area contributed by atoms with Crippen molar-refractivity contribution >= 4 is 16.9 Å². The predicted octanol–water partition coefficient (Wildman–Crippen LogP) is 1.27. The van der Waals surface area contributed by atoms with Gasteiger partial charge in [-0.3, -0.25) is 10.3 Å². The number of thioether (sulfide) groups is 1. The molecule has 1 rings (SSSR count). The van der Waals surface area contributed by atoms with Gasteiger partial charge in [0.1, 0.15) is 11.5 Å². The van der Waals surface area contributed by atoms with E-state index in [0.29, 0.717) is 11.7 Å². The van der Waals surface area contributed by atoms with Gasteiger partial charge in [-0.2, -0.15) is 5.26 Å². The minimum atomic E-state index is 0.419. The summed E-state index contributed by atoms with van der Waals surface area (Å²) in [6.07, 6.45) is 3.66. The molecule has 14 heavy (non-hydrogen) atoms. The molecule has 1 N–H and O–H groups in total. The monoisotopic (exact) mass is 210 g/mol. The van der Waals surface area contributed by atoms with E-state index in [1.807, 2.05) is 25.4 Å². The lowest BCUT2D eigenvalue weighted by Gasteiger charge is -1.96. The third-order valence-corrected chi connectivity index (χ3v) is 2.04. The van der Waals surface area contributed by atoms with Gasteiger partial charge in [-0.05, 0) is 13.2 Å². The van der Waals surface area contributed by atoms with Crippen LogP contribution >= 0.6 is 11.8 Å². The number of amidine groups is 1. The van der Waals surface area contributed by atoms with Crippen LogP contribution in [0.5, 0.6) is 0 Å². The maximum absolute atomic E-state index is 8.38. The van der Waals surface area contributed by atoms with Gasteiger partial charge in [-0.25, -0.2) is 0 Å². The maximum Gasteiger partial charge on any atom is 0.183 e. The Bertz CT molecular complexity index is 366. The molecule has 0 aromatic carbocycles. The van der Waals surface area contributed by atoms with Gasteiger partial charge in [0.25, 0.3) is 0 Å². The van der Waals surface area contributed by atoms with E-state index in [0.717, 1.165) is 11.5 Å². The van der Waals surface area contributed by atoms with E-state index in [-0.39, 0.29) is 0 Å². The molecule has 0 saturated heterocycles. The van der Waals surface area contributed by atoms with Crippen molar-refractivity contribution < 1.29 is 4.52 Å². The Morgan fingerprint density at radius 2 is 2.64 bits per heavy atom. The number of rotatable bonds is 2. The van der Waals surface area contributed by atoms with Crippen LogP contribution in [0.1, 0.15) is 11.5 Å². The first kappa shape index (κ1) is 10.6. The largest absolute Gasteiger partial charge is 0.361 e. The molecule has 0 atom stereocenters. The third kappa shape index (κ3) is 3.11. The van der Waals surface area contributed by atoms with Crippen molar-refractivity contribution in [3.8, 4) is 6.19 Å². The Hall–Kier alpha value is -1.48. The highest BCUT2D eigenvalue weighted by molar-refractivity contribution is 8.13. The van der Waals surface area contributed by atoms with Gasteiger partial charge in [0, 0.05) is 6.07 Å². The lowest BCUT2D eigenvalue weighted by molar-refractivity contribution is 0.391. The van der Waals surface area contributed by atoms with Crippen molar-refractivity contribution in [1.29, 1.82) is 5.26 Å². The van der Waals surface area contributed by atoms with Crippen LogP contribution in [-0.4, -0.2) is 16.6 Å². The molecule has 6 heteroatoms. The Labute approximate surface area is 86.2 Å². The van der Waals surface area contributed by atoms with Gasteiger partial charge in [-0.1, -0.05) is 16.9 Å². The summed E-state index contributed by atoms with van der Waals surface area (Å²) in [6.45, 7) is 2.24. The summed E-state index contributed by atoms with van der Waals surface area (Å²) < 4.78 is 4.88. The van der Waals surface area contributed by atoms with Crippen LogP contribution in [0.25, 0.3) is 0 Å². The van der Waals surface area contributed by atoms with Gasteiger partial charge >= 0.3 is 0 Å². The highest BCUT2D eigenvalue weighted by Gasteiger charge is 1.99. The molecule has 0 aliphatic carbocycles. The Kier molecular flexibility index (Phi) is 4.01. The summed E-state index contributed by atoms with van der Waals surface area (Å²) in [4.78, 5) is 4.14. The predicted molar refractivity (Wildman–Crippen MR) is 54.6 cm³/mol. The molecular formula is C8H10N4OS. The molecule has 0 fully saturated rings. The van der Waals surface area contributed by atoms with Crippen molar-refractivity contribution in [1.82, 2.24) is 10.5 Å². The van der Waals surface area contributed by atoms with E-state index in [4.69, 9.17) is 9.78 Å². The molecule has 0 unspecified atom stereocenters. The quantitative estimate of drug-likeness (QED) is 0.344. The minimum absolute atomic E-state index is 0.419. The van der Waals surface area contributed by atoms with Crippen LogP contribution in [0.3, 0.4) is 0 Å². The van der Waals surface area contributed by atoms with E-state index >= 15 is 0 Å². The van der Waals surface area contributed by atoms with E-state index in [2.05, 4.69) is 15.5 Å². The Morgan fingerprint density at radius 1 is 1.86 bits per heavy atom. The fourth-order valence-corrected chi connectivity index (χ4v) is 1.19. The molecule has 74 valence electrons. The molecule has 0 saturated carbocycles. The average molecular weight is 210 g/mol. The summed E-state index contributed by atoms with van der Waals surface area (Å²) in [7, 11) is 0. The average Bonchev–Trinajstić information content (AvgIpc) is 2.59. The van der Waals surface area contributed by atoms with E-state index in [1.54, 1.807) is 0 Å². The number of nitrogens with one attached hydrogen (secondary N) is 1. The molecular weight excluding hydrogens is 200 g/mol. The van der Waals surface area contributed by atoms with Crippen molar-refractivity contribution in [2.24, 2.45) is 4.99 Å². The molecule has 0 aliphatic rings. The zero-order chi connectivity index (χ0) is 10.4. The fraction of sp³-hybridized carbons (Fsp3) is 0.375. The first-order chi connectivity index (χ1) is 6.76. The molecule has 0 radical (unpaired) electrons. The molecule has 0 aliphatic heterocycles. The first-order valence-corrected chi connectivity index (χ1v) is 5.14. The number of hydrogen-bond acceptors (Lipinski definition) is 5. The summed E-state index contributed by atoms with van der Waals surface area (Å²) in [5.41, 5.74) is 0.758. The maximum atomic E-state index is 8.38. The lowest BCUT2D eigenvalue weighted by atomic mass is 10.4. The van der Waals surface area contributed by atoms with Crippen molar-refractivity contribution in [2.45, 2.75) is 13.5 Å². The molecule has 0 spiro atoms. The Morgan fingerprint density at radius 3 is 3.14 bits per heavy atom. The van der Waals surface area contributed by atoms with Crippen molar-refractivity contribution in [3.05, 3.63) is 17.5 Å². The first-order valence-electron chi connectivity index (χ1n) is 3.92. The summed E-state index contributed by atoms with van der Waals surface area (Å²) in [5.74, 6) is 0.758. The van der Waals surface area contributed by atoms with Crippen molar-refractivity contribution in [3.63, 3.8) is 0 Å². The van der Waals surface area contributed by atoms with Gasteiger partial charge in [-0.15, -0.1) is 0 Å². The fourth-order valence-electron chi connectivity index (χ4n) is 0.848. The SMILES string of the molecule is CSC(=NCc1cc(C)on1)NC#N. The number of nitriles is 1. The van der Waals surface area contributed by atoms with Crippen LogP contribution in [0, 0.1) is 18.4 Å². The van der Waals surface area contributed by atoms with Gasteiger partial charge < -0.3 is 4.52 Å². The molecule has 0 bridgehead atoms. The zero-order valence-corrected chi connectivity index (χ0v) is 8.76. The molecule has 5 nitrogen and oxygen atoms in total. The smallest absolute Gasteiger partial charge is 0.183 e. The molecule has 1 aromatic rings. The van der Waals surface area contributed by atoms with E-state index < -0.39 is 0 Å².